The number of rotatable bonds is 4. The lowest BCUT2D eigenvalue weighted by Gasteiger charge is -2.11. The molecule has 0 aliphatic carbocycles. The summed E-state index contributed by atoms with van der Waals surface area (Å²) < 4.78 is 32.3. The summed E-state index contributed by atoms with van der Waals surface area (Å²) in [6.45, 7) is 3.77. The van der Waals surface area contributed by atoms with E-state index in [0.29, 0.717) is 5.56 Å². The Kier molecular flexibility index (Phi) is 4.35. The average molecular weight is 277 g/mol. The van der Waals surface area contributed by atoms with Gasteiger partial charge in [-0.25, -0.2) is 8.78 Å². The van der Waals surface area contributed by atoms with Crippen molar-refractivity contribution in [1.29, 1.82) is 0 Å². The number of nitrogens with two attached hydrogens (primary N) is 1. The van der Waals surface area contributed by atoms with E-state index in [9.17, 15) is 8.78 Å². The molecule has 0 saturated heterocycles. The highest BCUT2D eigenvalue weighted by Crippen LogP contribution is 2.22. The first kappa shape index (κ1) is 14.5. The van der Waals surface area contributed by atoms with Crippen molar-refractivity contribution in [2.45, 2.75) is 26.5 Å². The molecule has 2 aromatic carbocycles. The second-order valence-electron chi connectivity index (χ2n) is 4.84. The summed E-state index contributed by atoms with van der Waals surface area (Å²) in [7, 11) is 0. The molecule has 0 saturated carbocycles. The maximum absolute atomic E-state index is 13.8. The highest BCUT2D eigenvalue weighted by Gasteiger charge is 2.08. The van der Waals surface area contributed by atoms with Crippen LogP contribution in [0.1, 0.15) is 29.7 Å². The normalized spacial score (nSPS) is 12.2. The lowest BCUT2D eigenvalue weighted by Crippen LogP contribution is -2.06. The van der Waals surface area contributed by atoms with Gasteiger partial charge in [0, 0.05) is 6.04 Å². The Morgan fingerprint density at radius 3 is 2.50 bits per heavy atom. The first-order valence-electron chi connectivity index (χ1n) is 6.40. The maximum atomic E-state index is 13.8. The van der Waals surface area contributed by atoms with Crippen molar-refractivity contribution < 1.29 is 13.5 Å². The van der Waals surface area contributed by atoms with Crippen molar-refractivity contribution in [3.05, 3.63) is 64.7 Å². The van der Waals surface area contributed by atoms with E-state index in [4.69, 9.17) is 10.5 Å². The van der Waals surface area contributed by atoms with Gasteiger partial charge in [-0.1, -0.05) is 12.1 Å². The molecule has 2 nitrogen and oxygen atoms in total. The van der Waals surface area contributed by atoms with Crippen LogP contribution in [0.4, 0.5) is 8.78 Å². The summed E-state index contributed by atoms with van der Waals surface area (Å²) >= 11 is 0. The summed E-state index contributed by atoms with van der Waals surface area (Å²) in [6.07, 6.45) is 0. The Morgan fingerprint density at radius 1 is 1.15 bits per heavy atom. The Balaban J connectivity index is 2.11. The third-order valence-corrected chi connectivity index (χ3v) is 3.17. The number of hydrogen-bond acceptors (Lipinski definition) is 2. The van der Waals surface area contributed by atoms with Crippen molar-refractivity contribution in [2.75, 3.05) is 0 Å². The molecular weight excluding hydrogens is 260 g/mol. The minimum atomic E-state index is -0.445. The SMILES string of the molecule is Cc1cc(F)ccc1COc1ccc([C@H](C)N)cc1F. The van der Waals surface area contributed by atoms with Gasteiger partial charge in [-0.15, -0.1) is 0 Å². The van der Waals surface area contributed by atoms with Gasteiger partial charge in [0.2, 0.25) is 0 Å². The van der Waals surface area contributed by atoms with E-state index in [1.165, 1.54) is 18.2 Å². The Hall–Kier alpha value is -1.94. The molecule has 0 radical (unpaired) electrons. The first-order valence-corrected chi connectivity index (χ1v) is 6.40. The molecule has 4 heteroatoms. The second-order valence-corrected chi connectivity index (χ2v) is 4.84. The van der Waals surface area contributed by atoms with E-state index in [1.807, 2.05) is 0 Å². The molecule has 0 spiro atoms. The van der Waals surface area contributed by atoms with Crippen LogP contribution in [0.5, 0.6) is 5.75 Å². The topological polar surface area (TPSA) is 35.2 Å². The summed E-state index contributed by atoms with van der Waals surface area (Å²) in [6, 6.07) is 8.87. The highest BCUT2D eigenvalue weighted by atomic mass is 19.1. The van der Waals surface area contributed by atoms with Crippen LogP contribution < -0.4 is 10.5 Å². The quantitative estimate of drug-likeness (QED) is 0.920. The number of hydrogen-bond donors (Lipinski definition) is 1. The third-order valence-electron chi connectivity index (χ3n) is 3.17. The van der Waals surface area contributed by atoms with E-state index in [-0.39, 0.29) is 24.2 Å². The van der Waals surface area contributed by atoms with Crippen molar-refractivity contribution in [3.8, 4) is 5.75 Å². The van der Waals surface area contributed by atoms with Gasteiger partial charge >= 0.3 is 0 Å². The van der Waals surface area contributed by atoms with Crippen molar-refractivity contribution in [3.63, 3.8) is 0 Å². The fourth-order valence-electron chi connectivity index (χ4n) is 1.89. The van der Waals surface area contributed by atoms with Gasteiger partial charge in [-0.2, -0.15) is 0 Å². The minimum absolute atomic E-state index is 0.165. The fourth-order valence-corrected chi connectivity index (χ4v) is 1.89. The first-order chi connectivity index (χ1) is 9.47. The Bertz CT molecular complexity index is 611. The molecule has 0 amide bonds. The zero-order valence-electron chi connectivity index (χ0n) is 11.5. The molecule has 0 aromatic heterocycles. The van der Waals surface area contributed by atoms with E-state index >= 15 is 0 Å². The molecule has 2 rings (SSSR count). The van der Waals surface area contributed by atoms with Crippen LogP contribution in [0.15, 0.2) is 36.4 Å². The number of benzene rings is 2. The smallest absolute Gasteiger partial charge is 0.165 e. The zero-order chi connectivity index (χ0) is 14.7. The molecule has 0 heterocycles. The standard InChI is InChI=1S/C16H17F2NO/c1-10-7-14(17)5-3-13(10)9-20-16-6-4-12(11(2)19)8-15(16)18/h3-8,11H,9,19H2,1-2H3/t11-/m0/s1. The summed E-state index contributed by atoms with van der Waals surface area (Å²) in [5, 5.41) is 0. The summed E-state index contributed by atoms with van der Waals surface area (Å²) in [4.78, 5) is 0. The van der Waals surface area contributed by atoms with E-state index in [2.05, 4.69) is 0 Å². The van der Waals surface area contributed by atoms with Gasteiger partial charge in [0.25, 0.3) is 0 Å². The molecule has 2 N–H and O–H groups in total. The molecule has 0 bridgehead atoms. The van der Waals surface area contributed by atoms with Gasteiger partial charge < -0.3 is 10.5 Å². The Morgan fingerprint density at radius 2 is 1.90 bits per heavy atom. The van der Waals surface area contributed by atoms with E-state index in [0.717, 1.165) is 11.1 Å². The van der Waals surface area contributed by atoms with Crippen LogP contribution in [0.25, 0.3) is 0 Å². The molecule has 0 aliphatic heterocycles. The fraction of sp³-hybridized carbons (Fsp3) is 0.250. The van der Waals surface area contributed by atoms with Crippen LogP contribution in [0.2, 0.25) is 0 Å². The second kappa shape index (κ2) is 6.01. The zero-order valence-corrected chi connectivity index (χ0v) is 11.5. The largest absolute Gasteiger partial charge is 0.486 e. The minimum Gasteiger partial charge on any atom is -0.486 e. The molecule has 0 unspecified atom stereocenters. The van der Waals surface area contributed by atoms with Crippen LogP contribution in [0.3, 0.4) is 0 Å². The lowest BCUT2D eigenvalue weighted by atomic mass is 10.1. The molecular formula is C16H17F2NO. The van der Waals surface area contributed by atoms with Gasteiger partial charge in [-0.3, -0.25) is 0 Å². The Labute approximate surface area is 117 Å². The lowest BCUT2D eigenvalue weighted by molar-refractivity contribution is 0.289. The van der Waals surface area contributed by atoms with Gasteiger partial charge in [0.1, 0.15) is 12.4 Å². The molecule has 2 aromatic rings. The van der Waals surface area contributed by atoms with Crippen molar-refractivity contribution in [1.82, 2.24) is 0 Å². The number of aryl methyl sites for hydroxylation is 1. The summed E-state index contributed by atoms with van der Waals surface area (Å²) in [5.41, 5.74) is 8.00. The van der Waals surface area contributed by atoms with Gasteiger partial charge in [-0.05, 0) is 54.8 Å². The van der Waals surface area contributed by atoms with Gasteiger partial charge in [0.15, 0.2) is 11.6 Å². The predicted octanol–water partition coefficient (Wildman–Crippen LogP) is 3.87. The highest BCUT2D eigenvalue weighted by molar-refractivity contribution is 5.32. The van der Waals surface area contributed by atoms with Crippen molar-refractivity contribution >= 4 is 0 Å². The monoisotopic (exact) mass is 277 g/mol. The number of ether oxygens (including phenoxy) is 1. The van der Waals surface area contributed by atoms with Crippen LogP contribution >= 0.6 is 0 Å². The summed E-state index contributed by atoms with van der Waals surface area (Å²) in [5.74, 6) is -0.573. The molecule has 0 fully saturated rings. The van der Waals surface area contributed by atoms with Crippen molar-refractivity contribution in [2.24, 2.45) is 5.73 Å². The molecule has 1 atom stereocenters. The molecule has 20 heavy (non-hydrogen) atoms. The average Bonchev–Trinajstić information content (AvgIpc) is 2.38. The molecule has 106 valence electrons. The predicted molar refractivity (Wildman–Crippen MR) is 74.5 cm³/mol. The van der Waals surface area contributed by atoms with Crippen LogP contribution in [0, 0.1) is 18.6 Å². The van der Waals surface area contributed by atoms with Crippen LogP contribution in [-0.2, 0) is 6.61 Å². The van der Waals surface area contributed by atoms with E-state index < -0.39 is 5.82 Å². The molecule has 0 aliphatic rings. The van der Waals surface area contributed by atoms with Gasteiger partial charge in [0.05, 0.1) is 0 Å². The number of halogens is 2. The maximum Gasteiger partial charge on any atom is 0.165 e. The van der Waals surface area contributed by atoms with E-state index in [1.54, 1.807) is 32.0 Å². The third kappa shape index (κ3) is 3.33. The van der Waals surface area contributed by atoms with Crippen LogP contribution in [-0.4, -0.2) is 0 Å².